The van der Waals surface area contributed by atoms with E-state index in [1.165, 1.54) is 6.26 Å². The molecule has 6 nitrogen and oxygen atoms in total. The molecule has 1 amide bonds. The fourth-order valence-electron chi connectivity index (χ4n) is 2.59. The van der Waals surface area contributed by atoms with Crippen molar-refractivity contribution in [3.05, 3.63) is 59.2 Å². The smallest absolute Gasteiger partial charge is 0.251 e. The van der Waals surface area contributed by atoms with E-state index in [0.29, 0.717) is 22.6 Å². The van der Waals surface area contributed by atoms with Gasteiger partial charge in [0.25, 0.3) is 5.91 Å². The van der Waals surface area contributed by atoms with Crippen LogP contribution in [0.2, 0.25) is 0 Å². The number of hydrogen-bond donors (Lipinski definition) is 1. The van der Waals surface area contributed by atoms with Crippen molar-refractivity contribution in [3.63, 3.8) is 0 Å². The summed E-state index contributed by atoms with van der Waals surface area (Å²) in [5, 5.41) is 2.91. The topological polar surface area (TPSA) is 81.7 Å². The lowest BCUT2D eigenvalue weighted by molar-refractivity contribution is 0.0939. The van der Waals surface area contributed by atoms with Crippen LogP contribution in [0.4, 0.5) is 0 Å². The normalized spacial score (nSPS) is 12.3. The van der Waals surface area contributed by atoms with Gasteiger partial charge in [0.05, 0.1) is 26.0 Å². The van der Waals surface area contributed by atoms with Crippen LogP contribution >= 0.6 is 0 Å². The zero-order valence-corrected chi connectivity index (χ0v) is 16.1. The first kappa shape index (κ1) is 19.8. The number of hydrogen-bond acceptors (Lipinski definition) is 5. The maximum absolute atomic E-state index is 12.5. The minimum Gasteiger partial charge on any atom is -0.497 e. The summed E-state index contributed by atoms with van der Waals surface area (Å²) in [6.07, 6.45) is 1.18. The first-order chi connectivity index (χ1) is 12.2. The monoisotopic (exact) mass is 377 g/mol. The molecule has 0 spiro atoms. The molecular weight excluding hydrogens is 354 g/mol. The molecule has 26 heavy (non-hydrogen) atoms. The average Bonchev–Trinajstić information content (AvgIpc) is 2.60. The molecule has 0 aliphatic carbocycles. The molecule has 0 aliphatic rings. The average molecular weight is 377 g/mol. The van der Waals surface area contributed by atoms with Gasteiger partial charge in [0.15, 0.2) is 9.84 Å². The van der Waals surface area contributed by atoms with Crippen molar-refractivity contribution in [3.8, 4) is 11.5 Å². The second-order valence-corrected chi connectivity index (χ2v) is 8.21. The fraction of sp³-hybridized carbons (Fsp3) is 0.316. The lowest BCUT2D eigenvalue weighted by atomic mass is 10.1. The summed E-state index contributed by atoms with van der Waals surface area (Å²) in [5.74, 6) is 1.02. The molecule has 2 rings (SSSR count). The highest BCUT2D eigenvalue weighted by molar-refractivity contribution is 7.89. The Morgan fingerprint density at radius 2 is 1.73 bits per heavy atom. The molecular formula is C19H23NO5S. The quantitative estimate of drug-likeness (QED) is 0.802. The van der Waals surface area contributed by atoms with Crippen LogP contribution in [-0.2, 0) is 15.6 Å². The van der Waals surface area contributed by atoms with Crippen molar-refractivity contribution in [1.82, 2.24) is 5.32 Å². The van der Waals surface area contributed by atoms with Gasteiger partial charge in [-0.1, -0.05) is 12.1 Å². The first-order valence-corrected chi connectivity index (χ1v) is 10.1. The third-order valence-corrected chi connectivity index (χ3v) is 4.75. The number of amides is 1. The van der Waals surface area contributed by atoms with E-state index in [1.54, 1.807) is 50.6 Å². The number of carbonyl (C=O) groups is 1. The molecule has 0 aliphatic heterocycles. The summed E-state index contributed by atoms with van der Waals surface area (Å²) >= 11 is 0. The molecule has 140 valence electrons. The number of sulfone groups is 1. The Morgan fingerprint density at radius 1 is 1.08 bits per heavy atom. The zero-order valence-electron chi connectivity index (χ0n) is 15.3. The Labute approximate surface area is 154 Å². The molecule has 2 aromatic rings. The highest BCUT2D eigenvalue weighted by Crippen LogP contribution is 2.29. The van der Waals surface area contributed by atoms with Crippen LogP contribution in [0.25, 0.3) is 0 Å². The molecule has 0 bridgehead atoms. The van der Waals surface area contributed by atoms with Crippen molar-refractivity contribution in [2.24, 2.45) is 0 Å². The number of ether oxygens (including phenoxy) is 2. The first-order valence-electron chi connectivity index (χ1n) is 8.03. The van der Waals surface area contributed by atoms with E-state index in [1.807, 2.05) is 13.0 Å². The number of methoxy groups -OCH3 is 2. The van der Waals surface area contributed by atoms with E-state index in [-0.39, 0.29) is 17.7 Å². The predicted molar refractivity (Wildman–Crippen MR) is 100 cm³/mol. The number of nitrogens with one attached hydrogen (secondary N) is 1. The minimum atomic E-state index is -3.11. The SMILES string of the molecule is COc1ccc(OC)c([C@@H](C)NC(=O)c2ccc(CS(C)(=O)=O)cc2)c1. The second kappa shape index (κ2) is 8.23. The van der Waals surface area contributed by atoms with Crippen LogP contribution < -0.4 is 14.8 Å². The van der Waals surface area contributed by atoms with Crippen molar-refractivity contribution < 1.29 is 22.7 Å². The third-order valence-electron chi connectivity index (χ3n) is 3.90. The van der Waals surface area contributed by atoms with Crippen LogP contribution in [0.1, 0.15) is 34.5 Å². The summed E-state index contributed by atoms with van der Waals surface area (Å²) in [6.45, 7) is 1.85. The molecule has 1 atom stereocenters. The Hall–Kier alpha value is -2.54. The van der Waals surface area contributed by atoms with Crippen LogP contribution in [0.3, 0.4) is 0 Å². The van der Waals surface area contributed by atoms with Crippen molar-refractivity contribution in [2.75, 3.05) is 20.5 Å². The van der Waals surface area contributed by atoms with Gasteiger partial charge in [-0.15, -0.1) is 0 Å². The summed E-state index contributed by atoms with van der Waals surface area (Å²) in [7, 11) is 0.0401. The molecule has 0 heterocycles. The summed E-state index contributed by atoms with van der Waals surface area (Å²) < 4.78 is 33.2. The maximum atomic E-state index is 12.5. The van der Waals surface area contributed by atoms with Crippen molar-refractivity contribution in [2.45, 2.75) is 18.7 Å². The highest BCUT2D eigenvalue weighted by atomic mass is 32.2. The molecule has 1 N–H and O–H groups in total. The van der Waals surface area contributed by atoms with Gasteiger partial charge in [0.1, 0.15) is 11.5 Å². The maximum Gasteiger partial charge on any atom is 0.251 e. The van der Waals surface area contributed by atoms with E-state index in [0.717, 1.165) is 5.56 Å². The van der Waals surface area contributed by atoms with Crippen LogP contribution in [0.15, 0.2) is 42.5 Å². The van der Waals surface area contributed by atoms with E-state index in [2.05, 4.69) is 5.32 Å². The van der Waals surface area contributed by atoms with Gasteiger partial charge < -0.3 is 14.8 Å². The summed E-state index contributed by atoms with van der Waals surface area (Å²) in [5.41, 5.74) is 1.90. The summed E-state index contributed by atoms with van der Waals surface area (Å²) in [6, 6.07) is 11.6. The number of rotatable bonds is 7. The Morgan fingerprint density at radius 3 is 2.27 bits per heavy atom. The van der Waals surface area contributed by atoms with Gasteiger partial charge in [0.2, 0.25) is 0 Å². The molecule has 0 unspecified atom stereocenters. The lowest BCUT2D eigenvalue weighted by Crippen LogP contribution is -2.27. The Balaban J connectivity index is 2.14. The van der Waals surface area contributed by atoms with Gasteiger partial charge in [-0.05, 0) is 42.8 Å². The molecule has 2 aromatic carbocycles. The van der Waals surface area contributed by atoms with Crippen LogP contribution in [0, 0.1) is 0 Å². The molecule has 0 fully saturated rings. The van der Waals surface area contributed by atoms with Gasteiger partial charge in [-0.3, -0.25) is 4.79 Å². The lowest BCUT2D eigenvalue weighted by Gasteiger charge is -2.18. The number of carbonyl (C=O) groups excluding carboxylic acids is 1. The van der Waals surface area contributed by atoms with Gasteiger partial charge in [-0.2, -0.15) is 0 Å². The fourth-order valence-corrected chi connectivity index (χ4v) is 3.39. The zero-order chi connectivity index (χ0) is 19.3. The minimum absolute atomic E-state index is 0.0493. The van der Waals surface area contributed by atoms with E-state index < -0.39 is 9.84 Å². The number of benzene rings is 2. The largest absolute Gasteiger partial charge is 0.497 e. The van der Waals surface area contributed by atoms with E-state index in [4.69, 9.17) is 9.47 Å². The van der Waals surface area contributed by atoms with Crippen LogP contribution in [-0.4, -0.2) is 34.8 Å². The Kier molecular flexibility index (Phi) is 6.26. The van der Waals surface area contributed by atoms with E-state index >= 15 is 0 Å². The molecule has 0 saturated carbocycles. The molecule has 0 aromatic heterocycles. The highest BCUT2D eigenvalue weighted by Gasteiger charge is 2.16. The van der Waals surface area contributed by atoms with Crippen LogP contribution in [0.5, 0.6) is 11.5 Å². The standard InChI is InChI=1S/C19H23NO5S/c1-13(17-11-16(24-2)9-10-18(17)25-3)20-19(21)15-7-5-14(6-8-15)12-26(4,22)23/h5-11,13H,12H2,1-4H3,(H,20,21)/t13-/m1/s1. The van der Waals surface area contributed by atoms with Gasteiger partial charge in [0, 0.05) is 17.4 Å². The van der Waals surface area contributed by atoms with Gasteiger partial charge >= 0.3 is 0 Å². The Bertz CT molecular complexity index is 875. The molecule has 0 radical (unpaired) electrons. The third kappa shape index (κ3) is 5.23. The van der Waals surface area contributed by atoms with E-state index in [9.17, 15) is 13.2 Å². The summed E-state index contributed by atoms with van der Waals surface area (Å²) in [4.78, 5) is 12.5. The van der Waals surface area contributed by atoms with Crippen molar-refractivity contribution in [1.29, 1.82) is 0 Å². The second-order valence-electron chi connectivity index (χ2n) is 6.07. The molecule has 7 heteroatoms. The molecule has 0 saturated heterocycles. The van der Waals surface area contributed by atoms with Crippen molar-refractivity contribution >= 4 is 15.7 Å². The predicted octanol–water partition coefficient (Wildman–Crippen LogP) is 2.74. The van der Waals surface area contributed by atoms with Gasteiger partial charge in [-0.25, -0.2) is 8.42 Å².